The Morgan fingerprint density at radius 1 is 1.19 bits per heavy atom. The van der Waals surface area contributed by atoms with Crippen molar-refractivity contribution >= 4 is 35.0 Å². The molecule has 1 aromatic rings. The molecule has 1 heterocycles. The van der Waals surface area contributed by atoms with E-state index in [0.29, 0.717) is 54.9 Å². The van der Waals surface area contributed by atoms with Gasteiger partial charge in [0.05, 0.1) is 18.2 Å². The van der Waals surface area contributed by atoms with Crippen LogP contribution in [0.2, 0.25) is 10.0 Å². The highest BCUT2D eigenvalue weighted by Crippen LogP contribution is 2.27. The van der Waals surface area contributed by atoms with E-state index in [1.807, 2.05) is 0 Å². The third-order valence-electron chi connectivity index (χ3n) is 4.12. The Kier molecular flexibility index (Phi) is 9.14. The minimum Gasteiger partial charge on any atom is -0.482 e. The minimum absolute atomic E-state index is 0.0121. The number of halogens is 2. The van der Waals surface area contributed by atoms with Crippen LogP contribution < -0.4 is 10.1 Å². The van der Waals surface area contributed by atoms with Gasteiger partial charge in [0, 0.05) is 31.3 Å². The highest BCUT2D eigenvalue weighted by molar-refractivity contribution is 6.35. The van der Waals surface area contributed by atoms with Crippen molar-refractivity contribution in [2.75, 3.05) is 46.6 Å². The maximum Gasteiger partial charge on any atom is 0.260 e. The van der Waals surface area contributed by atoms with E-state index in [1.165, 1.54) is 0 Å². The Balaban J connectivity index is 1.67. The number of hydrogen-bond donors (Lipinski definition) is 1. The van der Waals surface area contributed by atoms with Gasteiger partial charge in [0.15, 0.2) is 6.61 Å². The summed E-state index contributed by atoms with van der Waals surface area (Å²) in [6.07, 6.45) is 1.38. The quantitative estimate of drug-likeness (QED) is 0.621. The smallest absolute Gasteiger partial charge is 0.260 e. The van der Waals surface area contributed by atoms with E-state index in [2.05, 4.69) is 5.32 Å². The fourth-order valence-electron chi connectivity index (χ4n) is 2.67. The summed E-state index contributed by atoms with van der Waals surface area (Å²) in [7, 11) is 1.58. The number of nitrogens with zero attached hydrogens (tertiary/aromatic N) is 1. The van der Waals surface area contributed by atoms with Crippen LogP contribution in [0.5, 0.6) is 5.75 Å². The number of piperidine rings is 1. The van der Waals surface area contributed by atoms with Gasteiger partial charge in [0.2, 0.25) is 5.91 Å². The molecule has 1 aliphatic rings. The predicted octanol–water partition coefficient (Wildman–Crippen LogP) is 2.14. The van der Waals surface area contributed by atoms with Crippen molar-refractivity contribution in [3.63, 3.8) is 0 Å². The molecule has 1 aromatic carbocycles. The normalized spacial score (nSPS) is 14.9. The molecule has 0 spiro atoms. The first-order chi connectivity index (χ1) is 13.0. The Hall–Kier alpha value is -1.54. The van der Waals surface area contributed by atoms with Crippen LogP contribution in [0, 0.1) is 0 Å². The second kappa shape index (κ2) is 11.3. The molecule has 2 rings (SSSR count). The summed E-state index contributed by atoms with van der Waals surface area (Å²) in [6, 6.07) is 4.89. The molecule has 1 N–H and O–H groups in total. The number of methoxy groups -OCH3 is 1. The highest BCUT2D eigenvalue weighted by atomic mass is 35.5. The van der Waals surface area contributed by atoms with E-state index in [1.54, 1.807) is 30.2 Å². The van der Waals surface area contributed by atoms with Gasteiger partial charge in [-0.2, -0.15) is 0 Å². The SMILES string of the molecule is COCCOCC(=O)NC1CCN(C(=O)COc2ccc(Cl)cc2Cl)CC1. The number of hydrogen-bond acceptors (Lipinski definition) is 5. The lowest BCUT2D eigenvalue weighted by Gasteiger charge is -2.32. The minimum atomic E-state index is -0.156. The Labute approximate surface area is 168 Å². The van der Waals surface area contributed by atoms with Crippen molar-refractivity contribution in [2.45, 2.75) is 18.9 Å². The number of carbonyl (C=O) groups is 2. The molecule has 2 amide bonds. The van der Waals surface area contributed by atoms with Crippen molar-refractivity contribution in [1.82, 2.24) is 10.2 Å². The van der Waals surface area contributed by atoms with Crippen molar-refractivity contribution in [2.24, 2.45) is 0 Å². The lowest BCUT2D eigenvalue weighted by atomic mass is 10.1. The lowest BCUT2D eigenvalue weighted by Crippen LogP contribution is -2.48. The second-order valence-electron chi connectivity index (χ2n) is 6.13. The van der Waals surface area contributed by atoms with Gasteiger partial charge in [-0.05, 0) is 31.0 Å². The average Bonchev–Trinajstić information content (AvgIpc) is 2.65. The number of carbonyl (C=O) groups excluding carboxylic acids is 2. The molecule has 0 bridgehead atoms. The third kappa shape index (κ3) is 7.54. The number of nitrogens with one attached hydrogen (secondary N) is 1. The van der Waals surface area contributed by atoms with Crippen LogP contribution in [0.1, 0.15) is 12.8 Å². The van der Waals surface area contributed by atoms with Gasteiger partial charge in [-0.3, -0.25) is 9.59 Å². The molecular weight excluding hydrogens is 395 g/mol. The molecule has 150 valence electrons. The standard InChI is InChI=1S/C18H24Cl2N2O5/c1-25-8-9-26-11-17(23)21-14-4-6-22(7-5-14)18(24)12-27-16-3-2-13(19)10-15(16)20/h2-3,10,14H,4-9,11-12H2,1H3,(H,21,23). The molecule has 7 nitrogen and oxygen atoms in total. The molecule has 0 aromatic heterocycles. The monoisotopic (exact) mass is 418 g/mol. The Morgan fingerprint density at radius 3 is 2.59 bits per heavy atom. The summed E-state index contributed by atoms with van der Waals surface area (Å²) in [6.45, 7) is 1.88. The summed E-state index contributed by atoms with van der Waals surface area (Å²) >= 11 is 11.9. The topological polar surface area (TPSA) is 77.1 Å². The van der Waals surface area contributed by atoms with Crippen molar-refractivity contribution < 1.29 is 23.8 Å². The number of ether oxygens (including phenoxy) is 3. The molecule has 9 heteroatoms. The fourth-order valence-corrected chi connectivity index (χ4v) is 3.14. The van der Waals surface area contributed by atoms with Crippen molar-refractivity contribution in [3.8, 4) is 5.75 Å². The van der Waals surface area contributed by atoms with Gasteiger partial charge < -0.3 is 24.4 Å². The van der Waals surface area contributed by atoms with Crippen LogP contribution in [-0.2, 0) is 19.1 Å². The summed E-state index contributed by atoms with van der Waals surface area (Å²) in [5.74, 6) is 0.148. The summed E-state index contributed by atoms with van der Waals surface area (Å²) in [5.41, 5.74) is 0. The van der Waals surface area contributed by atoms with Gasteiger partial charge in [0.25, 0.3) is 5.91 Å². The fraction of sp³-hybridized carbons (Fsp3) is 0.556. The van der Waals surface area contributed by atoms with Gasteiger partial charge in [-0.15, -0.1) is 0 Å². The molecule has 1 aliphatic heterocycles. The summed E-state index contributed by atoms with van der Waals surface area (Å²) < 4.78 is 15.5. The first-order valence-electron chi connectivity index (χ1n) is 8.71. The van der Waals surface area contributed by atoms with Crippen LogP contribution >= 0.6 is 23.2 Å². The maximum absolute atomic E-state index is 12.3. The zero-order valence-electron chi connectivity index (χ0n) is 15.2. The molecule has 1 saturated heterocycles. The van der Waals surface area contributed by atoms with Gasteiger partial charge >= 0.3 is 0 Å². The van der Waals surface area contributed by atoms with Crippen LogP contribution in [0.4, 0.5) is 0 Å². The van der Waals surface area contributed by atoms with E-state index in [-0.39, 0.29) is 31.1 Å². The molecular formula is C18H24Cl2N2O5. The number of likely N-dealkylation sites (tertiary alicyclic amines) is 1. The van der Waals surface area contributed by atoms with E-state index in [0.717, 1.165) is 0 Å². The predicted molar refractivity (Wildman–Crippen MR) is 102 cm³/mol. The number of benzene rings is 1. The van der Waals surface area contributed by atoms with E-state index >= 15 is 0 Å². The van der Waals surface area contributed by atoms with Crippen LogP contribution in [0.25, 0.3) is 0 Å². The third-order valence-corrected chi connectivity index (χ3v) is 4.65. The molecule has 0 radical (unpaired) electrons. The Morgan fingerprint density at radius 2 is 1.93 bits per heavy atom. The molecule has 0 saturated carbocycles. The highest BCUT2D eigenvalue weighted by Gasteiger charge is 2.24. The molecule has 0 unspecified atom stereocenters. The van der Waals surface area contributed by atoms with E-state index in [9.17, 15) is 9.59 Å². The van der Waals surface area contributed by atoms with Crippen molar-refractivity contribution in [1.29, 1.82) is 0 Å². The zero-order chi connectivity index (χ0) is 19.6. The molecule has 0 atom stereocenters. The van der Waals surface area contributed by atoms with E-state index in [4.69, 9.17) is 37.4 Å². The summed E-state index contributed by atoms with van der Waals surface area (Å²) in [5, 5.41) is 3.79. The van der Waals surface area contributed by atoms with Gasteiger partial charge in [-0.25, -0.2) is 0 Å². The van der Waals surface area contributed by atoms with E-state index < -0.39 is 0 Å². The zero-order valence-corrected chi connectivity index (χ0v) is 16.7. The van der Waals surface area contributed by atoms with Crippen molar-refractivity contribution in [3.05, 3.63) is 28.2 Å². The maximum atomic E-state index is 12.3. The lowest BCUT2D eigenvalue weighted by molar-refractivity contribution is -0.134. The largest absolute Gasteiger partial charge is 0.482 e. The number of rotatable bonds is 9. The Bertz CT molecular complexity index is 636. The van der Waals surface area contributed by atoms with Crippen LogP contribution in [-0.4, -0.2) is 69.4 Å². The molecule has 27 heavy (non-hydrogen) atoms. The van der Waals surface area contributed by atoms with Crippen LogP contribution in [0.3, 0.4) is 0 Å². The van der Waals surface area contributed by atoms with Gasteiger partial charge in [-0.1, -0.05) is 23.2 Å². The number of amides is 2. The first-order valence-corrected chi connectivity index (χ1v) is 9.47. The first kappa shape index (κ1) is 21.8. The second-order valence-corrected chi connectivity index (χ2v) is 6.98. The van der Waals surface area contributed by atoms with Gasteiger partial charge in [0.1, 0.15) is 12.4 Å². The average molecular weight is 419 g/mol. The summed E-state index contributed by atoms with van der Waals surface area (Å²) in [4.78, 5) is 25.8. The molecule has 1 fully saturated rings. The van der Waals surface area contributed by atoms with Crippen LogP contribution in [0.15, 0.2) is 18.2 Å². The molecule has 0 aliphatic carbocycles.